The number of hydrogen-bond acceptors (Lipinski definition) is 3. The predicted octanol–water partition coefficient (Wildman–Crippen LogP) is 2.58. The van der Waals surface area contributed by atoms with Crippen LogP contribution in [0.4, 0.5) is 5.69 Å². The van der Waals surface area contributed by atoms with Crippen LogP contribution in [-0.2, 0) is 17.7 Å². The number of hydrogen-bond donors (Lipinski definition) is 1. The fourth-order valence-electron chi connectivity index (χ4n) is 3.61. The Morgan fingerprint density at radius 1 is 1.21 bits per heavy atom. The number of nitrogens with two attached hydrogens (primary N) is 1. The minimum absolute atomic E-state index is 0.378. The maximum atomic E-state index is 6.14. The Kier molecular flexibility index (Phi) is 3.50. The number of rotatable bonds is 1. The standard InChI is InChI=1S/C16H24N2O/c1-11-8-14(9-12(2)19-11)18-7-6-13-4-3-5-16(17)15(13)10-18/h3-5,11-12,14H,6-10,17H2,1-2H3. The van der Waals surface area contributed by atoms with Gasteiger partial charge in [0, 0.05) is 24.8 Å². The Labute approximate surface area is 115 Å². The van der Waals surface area contributed by atoms with Gasteiger partial charge in [0.2, 0.25) is 0 Å². The van der Waals surface area contributed by atoms with Crippen molar-refractivity contribution in [3.8, 4) is 0 Å². The van der Waals surface area contributed by atoms with Crippen LogP contribution in [0.3, 0.4) is 0 Å². The molecule has 0 aliphatic carbocycles. The van der Waals surface area contributed by atoms with Crippen molar-refractivity contribution in [1.82, 2.24) is 4.90 Å². The molecule has 1 aromatic rings. The van der Waals surface area contributed by atoms with Crippen LogP contribution >= 0.6 is 0 Å². The van der Waals surface area contributed by atoms with Crippen molar-refractivity contribution < 1.29 is 4.74 Å². The van der Waals surface area contributed by atoms with Crippen LogP contribution in [0.25, 0.3) is 0 Å². The third-order valence-electron chi connectivity index (χ3n) is 4.53. The molecule has 0 amide bonds. The van der Waals surface area contributed by atoms with Gasteiger partial charge in [0.05, 0.1) is 12.2 Å². The molecule has 2 N–H and O–H groups in total. The quantitative estimate of drug-likeness (QED) is 0.789. The number of benzene rings is 1. The smallest absolute Gasteiger partial charge is 0.0565 e. The highest BCUT2D eigenvalue weighted by molar-refractivity contribution is 5.51. The highest BCUT2D eigenvalue weighted by Crippen LogP contribution is 2.30. The van der Waals surface area contributed by atoms with E-state index in [2.05, 4.69) is 30.9 Å². The maximum absolute atomic E-state index is 6.14. The zero-order chi connectivity index (χ0) is 13.4. The Morgan fingerprint density at radius 2 is 1.95 bits per heavy atom. The van der Waals surface area contributed by atoms with E-state index in [1.54, 1.807) is 0 Å². The first-order valence-corrected chi connectivity index (χ1v) is 7.39. The average Bonchev–Trinajstić information content (AvgIpc) is 2.38. The second kappa shape index (κ2) is 5.14. The average molecular weight is 260 g/mol. The van der Waals surface area contributed by atoms with E-state index in [0.29, 0.717) is 18.2 Å². The van der Waals surface area contributed by atoms with E-state index in [4.69, 9.17) is 10.5 Å². The van der Waals surface area contributed by atoms with E-state index in [0.717, 1.165) is 38.0 Å². The van der Waals surface area contributed by atoms with Crippen molar-refractivity contribution >= 4 is 5.69 Å². The molecule has 1 fully saturated rings. The van der Waals surface area contributed by atoms with E-state index in [1.165, 1.54) is 11.1 Å². The second-order valence-electron chi connectivity index (χ2n) is 6.09. The fraction of sp³-hybridized carbons (Fsp3) is 0.625. The van der Waals surface area contributed by atoms with Gasteiger partial charge in [-0.2, -0.15) is 0 Å². The molecular formula is C16H24N2O. The Bertz CT molecular complexity index is 450. The SMILES string of the molecule is CC1CC(N2CCc3cccc(N)c3C2)CC(C)O1. The van der Waals surface area contributed by atoms with Gasteiger partial charge in [-0.25, -0.2) is 0 Å². The number of fused-ring (bicyclic) bond motifs is 1. The lowest BCUT2D eigenvalue weighted by Gasteiger charge is -2.41. The molecule has 0 radical (unpaired) electrons. The first-order chi connectivity index (χ1) is 9.13. The highest BCUT2D eigenvalue weighted by Gasteiger charge is 2.31. The van der Waals surface area contributed by atoms with E-state index < -0.39 is 0 Å². The van der Waals surface area contributed by atoms with Crippen LogP contribution in [0.15, 0.2) is 18.2 Å². The van der Waals surface area contributed by atoms with Crippen molar-refractivity contribution in [3.05, 3.63) is 29.3 Å². The summed E-state index contributed by atoms with van der Waals surface area (Å²) in [4.78, 5) is 2.61. The molecule has 2 heterocycles. The molecule has 2 aliphatic rings. The van der Waals surface area contributed by atoms with Gasteiger partial charge in [-0.3, -0.25) is 4.90 Å². The molecule has 2 atom stereocenters. The molecular weight excluding hydrogens is 236 g/mol. The molecule has 2 unspecified atom stereocenters. The van der Waals surface area contributed by atoms with Crippen molar-refractivity contribution in [1.29, 1.82) is 0 Å². The summed E-state index contributed by atoms with van der Waals surface area (Å²) in [7, 11) is 0. The summed E-state index contributed by atoms with van der Waals surface area (Å²) < 4.78 is 5.85. The molecule has 0 bridgehead atoms. The minimum Gasteiger partial charge on any atom is -0.398 e. The van der Waals surface area contributed by atoms with Crippen LogP contribution in [0.1, 0.15) is 37.8 Å². The van der Waals surface area contributed by atoms with Crippen molar-refractivity contribution in [2.75, 3.05) is 12.3 Å². The molecule has 3 nitrogen and oxygen atoms in total. The fourth-order valence-corrected chi connectivity index (χ4v) is 3.61. The molecule has 104 valence electrons. The molecule has 0 aromatic heterocycles. The van der Waals surface area contributed by atoms with Crippen LogP contribution in [0, 0.1) is 0 Å². The molecule has 3 heteroatoms. The second-order valence-corrected chi connectivity index (χ2v) is 6.09. The Balaban J connectivity index is 1.76. The van der Waals surface area contributed by atoms with Gasteiger partial charge in [-0.05, 0) is 50.3 Å². The van der Waals surface area contributed by atoms with Gasteiger partial charge in [-0.15, -0.1) is 0 Å². The first kappa shape index (κ1) is 12.9. The third-order valence-corrected chi connectivity index (χ3v) is 4.53. The Hall–Kier alpha value is -1.06. The van der Waals surface area contributed by atoms with Crippen molar-refractivity contribution in [2.45, 2.75) is 57.9 Å². The normalized spacial score (nSPS) is 32.0. The van der Waals surface area contributed by atoms with Crippen LogP contribution < -0.4 is 5.73 Å². The number of nitrogen functional groups attached to an aromatic ring is 1. The van der Waals surface area contributed by atoms with Crippen LogP contribution in [0.2, 0.25) is 0 Å². The molecule has 1 aromatic carbocycles. The summed E-state index contributed by atoms with van der Waals surface area (Å²) in [6, 6.07) is 6.96. The lowest BCUT2D eigenvalue weighted by Crippen LogP contribution is -2.46. The predicted molar refractivity (Wildman–Crippen MR) is 78.0 cm³/mol. The largest absolute Gasteiger partial charge is 0.398 e. The molecule has 0 saturated carbocycles. The van der Waals surface area contributed by atoms with Crippen molar-refractivity contribution in [2.24, 2.45) is 0 Å². The maximum Gasteiger partial charge on any atom is 0.0565 e. The minimum atomic E-state index is 0.378. The van der Waals surface area contributed by atoms with Gasteiger partial charge in [0.25, 0.3) is 0 Å². The van der Waals surface area contributed by atoms with Crippen LogP contribution in [0.5, 0.6) is 0 Å². The van der Waals surface area contributed by atoms with Gasteiger partial charge in [0.15, 0.2) is 0 Å². The molecule has 19 heavy (non-hydrogen) atoms. The zero-order valence-corrected chi connectivity index (χ0v) is 11.9. The number of anilines is 1. The first-order valence-electron chi connectivity index (χ1n) is 7.39. The van der Waals surface area contributed by atoms with E-state index in [-0.39, 0.29) is 0 Å². The van der Waals surface area contributed by atoms with Gasteiger partial charge >= 0.3 is 0 Å². The van der Waals surface area contributed by atoms with Gasteiger partial charge in [-0.1, -0.05) is 12.1 Å². The summed E-state index contributed by atoms with van der Waals surface area (Å²) in [6.07, 6.45) is 4.17. The molecule has 3 rings (SSSR count). The van der Waals surface area contributed by atoms with Crippen molar-refractivity contribution in [3.63, 3.8) is 0 Å². The lowest BCUT2D eigenvalue weighted by atomic mass is 9.92. The lowest BCUT2D eigenvalue weighted by molar-refractivity contribution is -0.0674. The molecule has 0 spiro atoms. The number of nitrogens with zero attached hydrogens (tertiary/aromatic N) is 1. The molecule has 2 aliphatic heterocycles. The van der Waals surface area contributed by atoms with E-state index in [9.17, 15) is 0 Å². The monoisotopic (exact) mass is 260 g/mol. The highest BCUT2D eigenvalue weighted by atomic mass is 16.5. The third kappa shape index (κ3) is 2.63. The van der Waals surface area contributed by atoms with E-state index >= 15 is 0 Å². The summed E-state index contributed by atoms with van der Waals surface area (Å²) in [5.74, 6) is 0. The van der Waals surface area contributed by atoms with Gasteiger partial charge < -0.3 is 10.5 Å². The van der Waals surface area contributed by atoms with E-state index in [1.807, 2.05) is 6.07 Å². The van der Waals surface area contributed by atoms with Crippen LogP contribution in [-0.4, -0.2) is 29.7 Å². The summed E-state index contributed by atoms with van der Waals surface area (Å²) in [6.45, 7) is 6.54. The number of ether oxygens (including phenoxy) is 1. The zero-order valence-electron chi connectivity index (χ0n) is 11.9. The summed E-state index contributed by atoms with van der Waals surface area (Å²) in [5, 5.41) is 0. The topological polar surface area (TPSA) is 38.5 Å². The molecule has 1 saturated heterocycles. The summed E-state index contributed by atoms with van der Waals surface area (Å²) in [5.41, 5.74) is 9.87. The Morgan fingerprint density at radius 3 is 2.68 bits per heavy atom. The summed E-state index contributed by atoms with van der Waals surface area (Å²) >= 11 is 0. The van der Waals surface area contributed by atoms with Gasteiger partial charge in [0.1, 0.15) is 0 Å².